The predicted molar refractivity (Wildman–Crippen MR) is 80.1 cm³/mol. The molecule has 2 aromatic rings. The zero-order valence-corrected chi connectivity index (χ0v) is 12.1. The average molecular weight is 272 g/mol. The van der Waals surface area contributed by atoms with Crippen molar-refractivity contribution >= 4 is 0 Å². The van der Waals surface area contributed by atoms with Gasteiger partial charge in [0.15, 0.2) is 0 Å². The van der Waals surface area contributed by atoms with Crippen molar-refractivity contribution < 1.29 is 4.39 Å². The Bertz CT molecular complexity index is 520. The fourth-order valence-corrected chi connectivity index (χ4v) is 2.15. The van der Waals surface area contributed by atoms with Gasteiger partial charge in [0.25, 0.3) is 0 Å². The number of aryl methyl sites for hydroxylation is 1. The summed E-state index contributed by atoms with van der Waals surface area (Å²) in [4.78, 5) is 4.21. The first kappa shape index (κ1) is 14.7. The van der Waals surface area contributed by atoms with E-state index in [1.807, 2.05) is 0 Å². The Morgan fingerprint density at radius 1 is 1.15 bits per heavy atom. The van der Waals surface area contributed by atoms with Gasteiger partial charge < -0.3 is 5.32 Å². The second kappa shape index (κ2) is 7.15. The summed E-state index contributed by atoms with van der Waals surface area (Å²) in [7, 11) is 0. The summed E-state index contributed by atoms with van der Waals surface area (Å²) in [5.41, 5.74) is 3.41. The number of rotatable bonds is 6. The highest BCUT2D eigenvalue weighted by Gasteiger charge is 2.13. The molecule has 0 fully saturated rings. The van der Waals surface area contributed by atoms with Gasteiger partial charge in [0.1, 0.15) is 5.82 Å². The van der Waals surface area contributed by atoms with Gasteiger partial charge >= 0.3 is 0 Å². The number of aromatic nitrogens is 1. The van der Waals surface area contributed by atoms with Crippen molar-refractivity contribution in [2.45, 2.75) is 32.7 Å². The van der Waals surface area contributed by atoms with Crippen LogP contribution in [0, 0.1) is 12.7 Å². The summed E-state index contributed by atoms with van der Waals surface area (Å²) in [6.07, 6.45) is 3.20. The molecule has 2 rings (SSSR count). The molecule has 0 saturated carbocycles. The quantitative estimate of drug-likeness (QED) is 0.865. The van der Waals surface area contributed by atoms with Gasteiger partial charge in [-0.2, -0.15) is 0 Å². The van der Waals surface area contributed by atoms with E-state index in [2.05, 4.69) is 48.4 Å². The van der Waals surface area contributed by atoms with Crippen molar-refractivity contribution in [3.05, 3.63) is 65.2 Å². The minimum Gasteiger partial charge on any atom is -0.308 e. The number of benzene rings is 1. The highest BCUT2D eigenvalue weighted by atomic mass is 19.1. The van der Waals surface area contributed by atoms with E-state index in [-0.39, 0.29) is 11.9 Å². The normalized spacial score (nSPS) is 12.3. The van der Waals surface area contributed by atoms with E-state index in [0.717, 1.165) is 25.1 Å². The highest BCUT2D eigenvalue weighted by molar-refractivity contribution is 5.23. The van der Waals surface area contributed by atoms with Crippen molar-refractivity contribution in [1.82, 2.24) is 10.3 Å². The lowest BCUT2D eigenvalue weighted by Gasteiger charge is -2.18. The Balaban J connectivity index is 2.14. The van der Waals surface area contributed by atoms with Crippen LogP contribution in [0.2, 0.25) is 0 Å². The lowest BCUT2D eigenvalue weighted by molar-refractivity contribution is 0.514. The molecule has 106 valence electrons. The Hall–Kier alpha value is -1.74. The van der Waals surface area contributed by atoms with Crippen LogP contribution in [0.3, 0.4) is 0 Å². The Labute approximate surface area is 120 Å². The van der Waals surface area contributed by atoms with E-state index in [0.29, 0.717) is 0 Å². The molecule has 0 amide bonds. The van der Waals surface area contributed by atoms with Gasteiger partial charge in [-0.1, -0.05) is 36.8 Å². The van der Waals surface area contributed by atoms with E-state index in [4.69, 9.17) is 0 Å². The van der Waals surface area contributed by atoms with Crippen LogP contribution in [-0.2, 0) is 6.42 Å². The summed E-state index contributed by atoms with van der Waals surface area (Å²) in [5, 5.41) is 3.48. The summed E-state index contributed by atoms with van der Waals surface area (Å²) < 4.78 is 13.0. The fraction of sp³-hybridized carbons (Fsp3) is 0.353. The number of halogens is 1. The van der Waals surface area contributed by atoms with Crippen molar-refractivity contribution in [2.24, 2.45) is 0 Å². The van der Waals surface area contributed by atoms with Crippen molar-refractivity contribution in [3.8, 4) is 0 Å². The molecule has 0 bridgehead atoms. The zero-order chi connectivity index (χ0) is 14.4. The van der Waals surface area contributed by atoms with Crippen LogP contribution < -0.4 is 5.32 Å². The van der Waals surface area contributed by atoms with Crippen LogP contribution in [0.25, 0.3) is 0 Å². The minimum atomic E-state index is -0.293. The summed E-state index contributed by atoms with van der Waals surface area (Å²) >= 11 is 0. The number of pyridine rings is 1. The standard InChI is InChI=1S/C17H21FN2/c1-3-10-19-17(16-9-8-15(18)12-20-16)11-14-6-4-13(2)5-7-14/h4-9,12,17,19H,3,10-11H2,1-2H3. The van der Waals surface area contributed by atoms with Crippen molar-refractivity contribution in [2.75, 3.05) is 6.54 Å². The van der Waals surface area contributed by atoms with Gasteiger partial charge in [0.05, 0.1) is 17.9 Å². The van der Waals surface area contributed by atoms with Gasteiger partial charge in [-0.25, -0.2) is 4.39 Å². The average Bonchev–Trinajstić information content (AvgIpc) is 2.46. The molecule has 0 spiro atoms. The summed E-state index contributed by atoms with van der Waals surface area (Å²) in [6.45, 7) is 5.14. The molecule has 1 aromatic carbocycles. The third-order valence-corrected chi connectivity index (χ3v) is 3.31. The van der Waals surface area contributed by atoms with Gasteiger partial charge in [-0.3, -0.25) is 4.98 Å². The molecule has 1 atom stereocenters. The summed E-state index contributed by atoms with van der Waals surface area (Å²) in [6, 6.07) is 11.9. The fourth-order valence-electron chi connectivity index (χ4n) is 2.15. The first-order valence-electron chi connectivity index (χ1n) is 7.09. The van der Waals surface area contributed by atoms with E-state index >= 15 is 0 Å². The molecule has 1 aromatic heterocycles. The first-order valence-corrected chi connectivity index (χ1v) is 7.09. The van der Waals surface area contributed by atoms with Crippen LogP contribution in [0.1, 0.15) is 36.2 Å². The number of hydrogen-bond acceptors (Lipinski definition) is 2. The maximum absolute atomic E-state index is 13.0. The van der Waals surface area contributed by atoms with Crippen LogP contribution >= 0.6 is 0 Å². The molecular weight excluding hydrogens is 251 g/mol. The van der Waals surface area contributed by atoms with Crippen LogP contribution in [0.5, 0.6) is 0 Å². The molecule has 3 heteroatoms. The number of nitrogens with one attached hydrogen (secondary N) is 1. The second-order valence-corrected chi connectivity index (χ2v) is 5.10. The largest absolute Gasteiger partial charge is 0.308 e. The molecule has 0 saturated heterocycles. The zero-order valence-electron chi connectivity index (χ0n) is 12.1. The Kier molecular flexibility index (Phi) is 5.24. The monoisotopic (exact) mass is 272 g/mol. The Morgan fingerprint density at radius 3 is 2.50 bits per heavy atom. The van der Waals surface area contributed by atoms with Gasteiger partial charge in [0.2, 0.25) is 0 Å². The highest BCUT2D eigenvalue weighted by Crippen LogP contribution is 2.17. The number of hydrogen-bond donors (Lipinski definition) is 1. The maximum Gasteiger partial charge on any atom is 0.141 e. The smallest absolute Gasteiger partial charge is 0.141 e. The van der Waals surface area contributed by atoms with Gasteiger partial charge in [-0.05, 0) is 44.0 Å². The Morgan fingerprint density at radius 2 is 1.90 bits per heavy atom. The lowest BCUT2D eigenvalue weighted by Crippen LogP contribution is -2.25. The van der Waals surface area contributed by atoms with Gasteiger partial charge in [0, 0.05) is 0 Å². The van der Waals surface area contributed by atoms with Crippen LogP contribution in [0.4, 0.5) is 4.39 Å². The van der Waals surface area contributed by atoms with E-state index < -0.39 is 0 Å². The molecule has 0 aliphatic rings. The molecule has 1 heterocycles. The molecule has 20 heavy (non-hydrogen) atoms. The lowest BCUT2D eigenvalue weighted by atomic mass is 10.0. The third-order valence-electron chi connectivity index (χ3n) is 3.31. The minimum absolute atomic E-state index is 0.123. The third kappa shape index (κ3) is 4.14. The van der Waals surface area contributed by atoms with Crippen molar-refractivity contribution in [3.63, 3.8) is 0 Å². The van der Waals surface area contributed by atoms with E-state index in [9.17, 15) is 4.39 Å². The van der Waals surface area contributed by atoms with Crippen LogP contribution in [-0.4, -0.2) is 11.5 Å². The second-order valence-electron chi connectivity index (χ2n) is 5.10. The number of nitrogens with zero attached hydrogens (tertiary/aromatic N) is 1. The predicted octanol–water partition coefficient (Wildman–Crippen LogP) is 3.81. The molecular formula is C17H21FN2. The van der Waals surface area contributed by atoms with Crippen molar-refractivity contribution in [1.29, 1.82) is 0 Å². The topological polar surface area (TPSA) is 24.9 Å². The first-order chi connectivity index (χ1) is 9.69. The van der Waals surface area contributed by atoms with E-state index in [1.165, 1.54) is 23.4 Å². The molecule has 0 aliphatic carbocycles. The molecule has 2 nitrogen and oxygen atoms in total. The SMILES string of the molecule is CCCNC(Cc1ccc(C)cc1)c1ccc(F)cn1. The van der Waals surface area contributed by atoms with Gasteiger partial charge in [-0.15, -0.1) is 0 Å². The maximum atomic E-state index is 13.0. The molecule has 1 N–H and O–H groups in total. The summed E-state index contributed by atoms with van der Waals surface area (Å²) in [5.74, 6) is -0.293. The molecule has 0 aliphatic heterocycles. The molecule has 0 radical (unpaired) electrons. The molecule has 1 unspecified atom stereocenters. The van der Waals surface area contributed by atoms with Crippen LogP contribution in [0.15, 0.2) is 42.6 Å². The van der Waals surface area contributed by atoms with E-state index in [1.54, 1.807) is 6.07 Å².